The van der Waals surface area contributed by atoms with Crippen molar-refractivity contribution in [2.75, 3.05) is 31.9 Å². The van der Waals surface area contributed by atoms with Crippen molar-refractivity contribution in [2.45, 2.75) is 30.6 Å². The number of hydrogen-bond donors (Lipinski definition) is 2. The molecule has 0 spiro atoms. The molecule has 0 radical (unpaired) electrons. The van der Waals surface area contributed by atoms with Gasteiger partial charge in [-0.15, -0.1) is 10.2 Å². The van der Waals surface area contributed by atoms with Gasteiger partial charge in [0.1, 0.15) is 11.5 Å². The number of amides is 1. The molecule has 2 N–H and O–H groups in total. The summed E-state index contributed by atoms with van der Waals surface area (Å²) in [6.07, 6.45) is 4.10. The Hall–Kier alpha value is -3.50. The van der Waals surface area contributed by atoms with E-state index in [0.717, 1.165) is 41.7 Å². The van der Waals surface area contributed by atoms with E-state index >= 15 is 0 Å². The minimum atomic E-state index is -0.161. The fourth-order valence-electron chi connectivity index (χ4n) is 4.21. The average Bonchev–Trinajstić information content (AvgIpc) is 3.63. The van der Waals surface area contributed by atoms with Crippen molar-refractivity contribution in [3.63, 3.8) is 0 Å². The van der Waals surface area contributed by atoms with Gasteiger partial charge < -0.3 is 24.5 Å². The monoisotopic (exact) mass is 493 g/mol. The number of nitrogens with one attached hydrogen (secondary N) is 2. The van der Waals surface area contributed by atoms with Crippen molar-refractivity contribution in [1.29, 1.82) is 0 Å². The summed E-state index contributed by atoms with van der Waals surface area (Å²) in [5.74, 6) is 1.99. The number of H-pyrrole nitrogens is 1. The molecule has 1 atom stereocenters. The Kier molecular flexibility index (Phi) is 6.91. The van der Waals surface area contributed by atoms with Crippen molar-refractivity contribution in [3.8, 4) is 22.9 Å². The molecular weight excluding hydrogens is 466 g/mol. The van der Waals surface area contributed by atoms with E-state index in [1.54, 1.807) is 32.4 Å². The van der Waals surface area contributed by atoms with E-state index in [-0.39, 0.29) is 17.8 Å². The van der Waals surface area contributed by atoms with Gasteiger partial charge >= 0.3 is 0 Å². The van der Waals surface area contributed by atoms with Gasteiger partial charge in [0, 0.05) is 53.2 Å². The molecule has 4 aromatic rings. The lowest BCUT2D eigenvalue weighted by molar-refractivity contribution is -0.113. The van der Waals surface area contributed by atoms with Gasteiger partial charge in [0.15, 0.2) is 11.0 Å². The molecule has 1 amide bonds. The van der Waals surface area contributed by atoms with Crippen LogP contribution in [-0.2, 0) is 16.1 Å². The first-order chi connectivity index (χ1) is 17.1. The Morgan fingerprint density at radius 1 is 1.20 bits per heavy atom. The number of aromatic amines is 1. The van der Waals surface area contributed by atoms with Crippen LogP contribution in [-0.4, -0.2) is 58.3 Å². The standard InChI is InChI=1S/C25H27N5O4S/c1-32-18-10-16(11-19(12-18)33-2)27-23(31)15-35-25-29-28-24(30(25)14-17-6-5-9-34-17)21-13-26-22-8-4-3-7-20(21)22/h3-4,7-8,10-13,17,26H,5-6,9,14-15H2,1-2H3,(H,27,31). The quantitative estimate of drug-likeness (QED) is 0.334. The molecule has 35 heavy (non-hydrogen) atoms. The number of para-hydroxylation sites is 1. The normalized spacial score (nSPS) is 15.4. The molecule has 182 valence electrons. The largest absolute Gasteiger partial charge is 0.497 e. The number of thioether (sulfide) groups is 1. The van der Waals surface area contributed by atoms with Gasteiger partial charge in [0.25, 0.3) is 0 Å². The third kappa shape index (κ3) is 5.13. The average molecular weight is 494 g/mol. The van der Waals surface area contributed by atoms with Crippen LogP contribution in [0.3, 0.4) is 0 Å². The number of benzene rings is 2. The van der Waals surface area contributed by atoms with Crippen LogP contribution in [0.15, 0.2) is 53.8 Å². The maximum absolute atomic E-state index is 12.8. The first-order valence-electron chi connectivity index (χ1n) is 11.4. The van der Waals surface area contributed by atoms with Crippen LogP contribution in [0.4, 0.5) is 5.69 Å². The fraction of sp³-hybridized carbons (Fsp3) is 0.320. The SMILES string of the molecule is COc1cc(NC(=O)CSc2nnc(-c3c[nH]c4ccccc34)n2CC2CCCO2)cc(OC)c1. The molecule has 1 fully saturated rings. The number of nitrogens with zero attached hydrogens (tertiary/aromatic N) is 3. The number of hydrogen-bond acceptors (Lipinski definition) is 7. The van der Waals surface area contributed by atoms with Crippen LogP contribution in [0.1, 0.15) is 12.8 Å². The van der Waals surface area contributed by atoms with E-state index in [9.17, 15) is 4.79 Å². The molecule has 0 saturated carbocycles. The fourth-order valence-corrected chi connectivity index (χ4v) is 4.96. The summed E-state index contributed by atoms with van der Waals surface area (Å²) in [5, 5.41) is 13.6. The number of ether oxygens (including phenoxy) is 3. The molecule has 3 heterocycles. The van der Waals surface area contributed by atoms with Gasteiger partial charge in [0.05, 0.1) is 32.6 Å². The molecule has 0 bridgehead atoms. The van der Waals surface area contributed by atoms with Gasteiger partial charge in [0.2, 0.25) is 5.91 Å². The Labute approximate surface area is 207 Å². The van der Waals surface area contributed by atoms with Crippen LogP contribution >= 0.6 is 11.8 Å². The van der Waals surface area contributed by atoms with E-state index in [0.29, 0.717) is 28.9 Å². The van der Waals surface area contributed by atoms with Crippen molar-refractivity contribution >= 4 is 34.3 Å². The Morgan fingerprint density at radius 3 is 2.74 bits per heavy atom. The number of carbonyl (C=O) groups excluding carboxylic acids is 1. The third-order valence-electron chi connectivity index (χ3n) is 5.92. The summed E-state index contributed by atoms with van der Waals surface area (Å²) in [6, 6.07) is 13.4. The molecule has 0 aliphatic carbocycles. The number of fused-ring (bicyclic) bond motifs is 1. The summed E-state index contributed by atoms with van der Waals surface area (Å²) in [7, 11) is 3.14. The lowest BCUT2D eigenvalue weighted by atomic mass is 10.1. The summed E-state index contributed by atoms with van der Waals surface area (Å²) >= 11 is 1.35. The molecule has 9 nitrogen and oxygen atoms in total. The van der Waals surface area contributed by atoms with Crippen LogP contribution < -0.4 is 14.8 Å². The zero-order valence-corrected chi connectivity index (χ0v) is 20.4. The summed E-state index contributed by atoms with van der Waals surface area (Å²) in [5.41, 5.74) is 2.62. The highest BCUT2D eigenvalue weighted by atomic mass is 32.2. The van der Waals surface area contributed by atoms with Crippen molar-refractivity contribution < 1.29 is 19.0 Å². The molecule has 1 aliphatic rings. The van der Waals surface area contributed by atoms with Gasteiger partial charge in [-0.2, -0.15) is 0 Å². The highest BCUT2D eigenvalue weighted by Crippen LogP contribution is 2.31. The Bertz CT molecular complexity index is 1310. The van der Waals surface area contributed by atoms with E-state index in [1.165, 1.54) is 11.8 Å². The van der Waals surface area contributed by atoms with Crippen molar-refractivity contribution in [2.24, 2.45) is 0 Å². The second-order valence-corrected chi connectivity index (χ2v) is 9.18. The maximum Gasteiger partial charge on any atom is 0.234 e. The molecule has 2 aromatic heterocycles. The lowest BCUT2D eigenvalue weighted by Gasteiger charge is -2.14. The molecule has 1 saturated heterocycles. The van der Waals surface area contributed by atoms with Crippen LogP contribution in [0.25, 0.3) is 22.3 Å². The van der Waals surface area contributed by atoms with E-state index in [4.69, 9.17) is 14.2 Å². The lowest BCUT2D eigenvalue weighted by Crippen LogP contribution is -2.18. The summed E-state index contributed by atoms with van der Waals surface area (Å²) < 4.78 is 18.5. The molecule has 10 heteroatoms. The predicted molar refractivity (Wildman–Crippen MR) is 135 cm³/mol. The van der Waals surface area contributed by atoms with Crippen LogP contribution in [0, 0.1) is 0 Å². The highest BCUT2D eigenvalue weighted by Gasteiger charge is 2.23. The van der Waals surface area contributed by atoms with Gasteiger partial charge in [-0.05, 0) is 18.9 Å². The molecule has 2 aromatic carbocycles. The topological polar surface area (TPSA) is 103 Å². The minimum Gasteiger partial charge on any atom is -0.497 e. The highest BCUT2D eigenvalue weighted by molar-refractivity contribution is 7.99. The first kappa shape index (κ1) is 23.3. The van der Waals surface area contributed by atoms with Crippen LogP contribution in [0.2, 0.25) is 0 Å². The van der Waals surface area contributed by atoms with E-state index in [2.05, 4.69) is 31.1 Å². The van der Waals surface area contributed by atoms with E-state index in [1.807, 2.05) is 24.4 Å². The van der Waals surface area contributed by atoms with Gasteiger partial charge in [-0.3, -0.25) is 9.36 Å². The number of rotatable bonds is 9. The Balaban J connectivity index is 1.36. The molecular formula is C25H27N5O4S. The third-order valence-corrected chi connectivity index (χ3v) is 6.89. The zero-order valence-electron chi connectivity index (χ0n) is 19.6. The zero-order chi connectivity index (χ0) is 24.2. The summed E-state index contributed by atoms with van der Waals surface area (Å²) in [4.78, 5) is 16.1. The van der Waals surface area contributed by atoms with Crippen molar-refractivity contribution in [1.82, 2.24) is 19.7 Å². The number of anilines is 1. The second-order valence-electron chi connectivity index (χ2n) is 8.24. The maximum atomic E-state index is 12.8. The number of carbonyl (C=O) groups is 1. The second kappa shape index (κ2) is 10.4. The molecule has 1 aliphatic heterocycles. The van der Waals surface area contributed by atoms with Crippen molar-refractivity contribution in [3.05, 3.63) is 48.7 Å². The number of aromatic nitrogens is 4. The predicted octanol–water partition coefficient (Wildman–Crippen LogP) is 4.35. The Morgan fingerprint density at radius 2 is 2.00 bits per heavy atom. The molecule has 1 unspecified atom stereocenters. The smallest absolute Gasteiger partial charge is 0.234 e. The summed E-state index contributed by atoms with van der Waals surface area (Å²) in [6.45, 7) is 1.41. The van der Waals surface area contributed by atoms with Crippen LogP contribution in [0.5, 0.6) is 11.5 Å². The van der Waals surface area contributed by atoms with Gasteiger partial charge in [-0.1, -0.05) is 30.0 Å². The minimum absolute atomic E-state index is 0.104. The molecule has 5 rings (SSSR count). The first-order valence-corrected chi connectivity index (χ1v) is 12.4. The number of methoxy groups -OCH3 is 2. The van der Waals surface area contributed by atoms with Gasteiger partial charge in [-0.25, -0.2) is 0 Å². The van der Waals surface area contributed by atoms with E-state index < -0.39 is 0 Å².